The molecule has 0 radical (unpaired) electrons. The van der Waals surface area contributed by atoms with Crippen LogP contribution in [0.25, 0.3) is 0 Å². The summed E-state index contributed by atoms with van der Waals surface area (Å²) in [5.74, 6) is -0.699. The maximum atomic E-state index is 10.4. The van der Waals surface area contributed by atoms with Gasteiger partial charge in [0, 0.05) is 13.1 Å². The fourth-order valence-corrected chi connectivity index (χ4v) is 0.971. The van der Waals surface area contributed by atoms with Crippen LogP contribution in [0, 0.1) is 5.41 Å². The molecule has 16 heavy (non-hydrogen) atoms. The molecule has 0 aliphatic heterocycles. The van der Waals surface area contributed by atoms with Crippen LogP contribution in [0.1, 0.15) is 26.2 Å². The van der Waals surface area contributed by atoms with Gasteiger partial charge in [-0.15, -0.1) is 12.4 Å². The highest BCUT2D eigenvalue weighted by Gasteiger charge is 2.09. The quantitative estimate of drug-likeness (QED) is 0.251. The molecule has 6 N–H and O–H groups in total. The first-order valence-corrected chi connectivity index (χ1v) is 5.12. The maximum Gasteiger partial charge on any atom is 0.320 e. The van der Waals surface area contributed by atoms with Crippen molar-refractivity contribution >= 4 is 24.3 Å². The Bertz CT molecular complexity index is 214. The minimum absolute atomic E-state index is 0. The van der Waals surface area contributed by atoms with Gasteiger partial charge < -0.3 is 21.5 Å². The SMILES string of the molecule is CCCNC(=N)NCCC[C@H](N)C(=O)O.Cl. The number of halogens is 1. The predicted molar refractivity (Wildman–Crippen MR) is 66.1 cm³/mol. The summed E-state index contributed by atoms with van der Waals surface area (Å²) in [6, 6.07) is -0.801. The molecule has 0 aliphatic rings. The molecule has 0 saturated heterocycles. The summed E-state index contributed by atoms with van der Waals surface area (Å²) in [5, 5.41) is 21.6. The van der Waals surface area contributed by atoms with Crippen LogP contribution in [-0.2, 0) is 4.79 Å². The van der Waals surface area contributed by atoms with Gasteiger partial charge in [0.05, 0.1) is 0 Å². The van der Waals surface area contributed by atoms with Crippen molar-refractivity contribution in [2.45, 2.75) is 32.2 Å². The molecule has 0 unspecified atom stereocenters. The molecule has 7 heteroatoms. The highest BCUT2D eigenvalue weighted by molar-refractivity contribution is 5.85. The van der Waals surface area contributed by atoms with Crippen LogP contribution in [-0.4, -0.2) is 36.2 Å². The minimum Gasteiger partial charge on any atom is -0.480 e. The van der Waals surface area contributed by atoms with Gasteiger partial charge in [0.2, 0.25) is 0 Å². The molecule has 0 aliphatic carbocycles. The number of carbonyl (C=O) groups is 1. The summed E-state index contributed by atoms with van der Waals surface area (Å²) in [5.41, 5.74) is 5.32. The molecule has 0 saturated carbocycles. The maximum absolute atomic E-state index is 10.4. The Labute approximate surface area is 102 Å². The number of carboxylic acids is 1. The molecule has 0 rings (SSSR count). The summed E-state index contributed by atoms with van der Waals surface area (Å²) in [6.45, 7) is 3.35. The zero-order valence-corrected chi connectivity index (χ0v) is 10.3. The second kappa shape index (κ2) is 10.5. The first-order valence-electron chi connectivity index (χ1n) is 5.12. The molecule has 0 aromatic heterocycles. The van der Waals surface area contributed by atoms with E-state index in [-0.39, 0.29) is 18.4 Å². The van der Waals surface area contributed by atoms with Gasteiger partial charge in [0.15, 0.2) is 5.96 Å². The lowest BCUT2D eigenvalue weighted by atomic mass is 10.2. The summed E-state index contributed by atoms with van der Waals surface area (Å²) in [4.78, 5) is 10.4. The fraction of sp³-hybridized carbons (Fsp3) is 0.778. The molecule has 96 valence electrons. The number of nitrogens with two attached hydrogens (primary N) is 1. The van der Waals surface area contributed by atoms with Crippen molar-refractivity contribution in [1.82, 2.24) is 10.6 Å². The van der Waals surface area contributed by atoms with Gasteiger partial charge in [-0.3, -0.25) is 10.2 Å². The van der Waals surface area contributed by atoms with Crippen LogP contribution >= 0.6 is 12.4 Å². The number of hydrogen-bond acceptors (Lipinski definition) is 3. The number of rotatable bonds is 7. The number of hydrogen-bond donors (Lipinski definition) is 5. The number of guanidine groups is 1. The highest BCUT2D eigenvalue weighted by Crippen LogP contribution is 1.92. The zero-order chi connectivity index (χ0) is 11.7. The second-order valence-electron chi connectivity index (χ2n) is 3.32. The van der Waals surface area contributed by atoms with Crippen molar-refractivity contribution in [2.75, 3.05) is 13.1 Å². The van der Waals surface area contributed by atoms with E-state index in [1.165, 1.54) is 0 Å². The van der Waals surface area contributed by atoms with Crippen molar-refractivity contribution in [3.05, 3.63) is 0 Å². The first-order chi connectivity index (χ1) is 7.07. The van der Waals surface area contributed by atoms with Crippen molar-refractivity contribution in [1.29, 1.82) is 5.41 Å². The molecule has 0 heterocycles. The molecule has 6 nitrogen and oxygen atoms in total. The van der Waals surface area contributed by atoms with Gasteiger partial charge in [-0.25, -0.2) is 0 Å². The number of carboxylic acid groups (broad SMARTS) is 1. The van der Waals surface area contributed by atoms with E-state index in [4.69, 9.17) is 16.2 Å². The Hall–Kier alpha value is -1.01. The molecule has 0 spiro atoms. The molecular formula is C9H21ClN4O2. The van der Waals surface area contributed by atoms with Crippen molar-refractivity contribution < 1.29 is 9.90 Å². The van der Waals surface area contributed by atoms with Crippen molar-refractivity contribution in [3.63, 3.8) is 0 Å². The lowest BCUT2D eigenvalue weighted by Gasteiger charge is -2.10. The molecule has 0 bridgehead atoms. The molecular weight excluding hydrogens is 232 g/mol. The summed E-state index contributed by atoms with van der Waals surface area (Å²) < 4.78 is 0. The molecule has 0 aromatic rings. The Balaban J connectivity index is 0. The third-order valence-corrected chi connectivity index (χ3v) is 1.86. The molecule has 0 fully saturated rings. The Morgan fingerprint density at radius 1 is 1.44 bits per heavy atom. The highest BCUT2D eigenvalue weighted by atomic mass is 35.5. The second-order valence-corrected chi connectivity index (χ2v) is 3.32. The van der Waals surface area contributed by atoms with Crippen LogP contribution in [0.15, 0.2) is 0 Å². The largest absolute Gasteiger partial charge is 0.480 e. The van der Waals surface area contributed by atoms with E-state index in [1.54, 1.807) is 0 Å². The van der Waals surface area contributed by atoms with Crippen molar-refractivity contribution in [2.24, 2.45) is 5.73 Å². The topological polar surface area (TPSA) is 111 Å². The Morgan fingerprint density at radius 3 is 2.50 bits per heavy atom. The van der Waals surface area contributed by atoms with Crippen LogP contribution in [0.3, 0.4) is 0 Å². The van der Waals surface area contributed by atoms with E-state index in [0.29, 0.717) is 19.4 Å². The standard InChI is InChI=1S/C9H20N4O2.ClH/c1-2-5-12-9(11)13-6-3-4-7(10)8(14)15;/h7H,2-6,10H2,1H3,(H,14,15)(H3,11,12,13);1H/t7-;/m0./s1. The van der Waals surface area contributed by atoms with E-state index in [2.05, 4.69) is 10.6 Å². The Kier molecular flexibility index (Phi) is 11.4. The van der Waals surface area contributed by atoms with E-state index >= 15 is 0 Å². The molecule has 0 amide bonds. The van der Waals surface area contributed by atoms with Gasteiger partial charge in [-0.2, -0.15) is 0 Å². The zero-order valence-electron chi connectivity index (χ0n) is 9.45. The third-order valence-electron chi connectivity index (χ3n) is 1.86. The smallest absolute Gasteiger partial charge is 0.320 e. The average molecular weight is 253 g/mol. The predicted octanol–water partition coefficient (Wildman–Crippen LogP) is 0.124. The lowest BCUT2D eigenvalue weighted by Crippen LogP contribution is -2.38. The summed E-state index contributed by atoms with van der Waals surface area (Å²) >= 11 is 0. The number of aliphatic carboxylic acids is 1. The van der Waals surface area contributed by atoms with Crippen molar-refractivity contribution in [3.8, 4) is 0 Å². The summed E-state index contributed by atoms with van der Waals surface area (Å²) in [6.07, 6.45) is 2.03. The van der Waals surface area contributed by atoms with Gasteiger partial charge in [-0.05, 0) is 19.3 Å². The normalized spacial score (nSPS) is 11.1. The average Bonchev–Trinajstić information content (AvgIpc) is 2.20. The van der Waals surface area contributed by atoms with Gasteiger partial charge in [0.1, 0.15) is 6.04 Å². The fourth-order valence-electron chi connectivity index (χ4n) is 0.971. The van der Waals surface area contributed by atoms with E-state index in [9.17, 15) is 4.79 Å². The van der Waals surface area contributed by atoms with E-state index in [1.807, 2.05) is 6.92 Å². The molecule has 1 atom stereocenters. The van der Waals surface area contributed by atoms with Crippen LogP contribution in [0.4, 0.5) is 0 Å². The van der Waals surface area contributed by atoms with Crippen LogP contribution < -0.4 is 16.4 Å². The summed E-state index contributed by atoms with van der Waals surface area (Å²) in [7, 11) is 0. The lowest BCUT2D eigenvalue weighted by molar-refractivity contribution is -0.138. The van der Waals surface area contributed by atoms with E-state index in [0.717, 1.165) is 13.0 Å². The van der Waals surface area contributed by atoms with Gasteiger partial charge in [-0.1, -0.05) is 6.92 Å². The molecule has 0 aromatic carbocycles. The number of nitrogens with one attached hydrogen (secondary N) is 3. The van der Waals surface area contributed by atoms with Gasteiger partial charge >= 0.3 is 5.97 Å². The van der Waals surface area contributed by atoms with Gasteiger partial charge in [0.25, 0.3) is 0 Å². The van der Waals surface area contributed by atoms with Crippen LogP contribution in [0.5, 0.6) is 0 Å². The first kappa shape index (κ1) is 17.4. The minimum atomic E-state index is -0.978. The van der Waals surface area contributed by atoms with E-state index < -0.39 is 12.0 Å². The Morgan fingerprint density at radius 2 is 2.00 bits per heavy atom. The third kappa shape index (κ3) is 9.54. The van der Waals surface area contributed by atoms with Crippen LogP contribution in [0.2, 0.25) is 0 Å². The monoisotopic (exact) mass is 252 g/mol.